The molecule has 1 aromatic heterocycles. The first-order valence-electron chi connectivity index (χ1n) is 6.66. The van der Waals surface area contributed by atoms with Gasteiger partial charge in [-0.1, -0.05) is 23.4 Å². The summed E-state index contributed by atoms with van der Waals surface area (Å²) < 4.78 is 18.5. The highest BCUT2D eigenvalue weighted by molar-refractivity contribution is 14.0. The van der Waals surface area contributed by atoms with Gasteiger partial charge >= 0.3 is 0 Å². The van der Waals surface area contributed by atoms with E-state index in [1.807, 2.05) is 0 Å². The van der Waals surface area contributed by atoms with E-state index in [1.165, 1.54) is 6.07 Å². The molecule has 1 aromatic carbocycles. The highest BCUT2D eigenvalue weighted by atomic mass is 127. The molecule has 0 radical (unpaired) electrons. The smallest absolute Gasteiger partial charge is 0.228 e. The maximum absolute atomic E-state index is 13.5. The number of guanidine groups is 1. The van der Waals surface area contributed by atoms with Gasteiger partial charge in [0.15, 0.2) is 11.8 Å². The van der Waals surface area contributed by atoms with E-state index in [0.717, 1.165) is 0 Å². The van der Waals surface area contributed by atoms with Crippen LogP contribution in [0.1, 0.15) is 17.3 Å². The van der Waals surface area contributed by atoms with Gasteiger partial charge in [-0.05, 0) is 13.0 Å². The van der Waals surface area contributed by atoms with Gasteiger partial charge in [-0.2, -0.15) is 4.98 Å². The summed E-state index contributed by atoms with van der Waals surface area (Å²) in [5.41, 5.74) is 0.591. The summed E-state index contributed by atoms with van der Waals surface area (Å²) in [6.07, 6.45) is 0.598. The van der Waals surface area contributed by atoms with E-state index < -0.39 is 0 Å². The highest BCUT2D eigenvalue weighted by Crippen LogP contribution is 2.05. The molecular formula is C14H19FIN5O. The molecule has 8 heteroatoms. The van der Waals surface area contributed by atoms with Crippen LogP contribution in [0.25, 0.3) is 0 Å². The fourth-order valence-electron chi connectivity index (χ4n) is 1.77. The monoisotopic (exact) mass is 419 g/mol. The number of aliphatic imine (C=N–C) groups is 1. The van der Waals surface area contributed by atoms with Crippen molar-refractivity contribution in [3.63, 3.8) is 0 Å². The molecule has 0 spiro atoms. The average Bonchev–Trinajstić information content (AvgIpc) is 2.90. The van der Waals surface area contributed by atoms with E-state index in [0.29, 0.717) is 42.7 Å². The van der Waals surface area contributed by atoms with Crippen molar-refractivity contribution in [1.29, 1.82) is 0 Å². The molecule has 6 nitrogen and oxygen atoms in total. The number of hydrogen-bond donors (Lipinski definition) is 2. The number of aromatic nitrogens is 2. The Balaban J connectivity index is 0.00000242. The van der Waals surface area contributed by atoms with Gasteiger partial charge in [0.25, 0.3) is 0 Å². The van der Waals surface area contributed by atoms with Gasteiger partial charge in [0.05, 0.1) is 0 Å². The molecule has 0 unspecified atom stereocenters. The quantitative estimate of drug-likeness (QED) is 0.441. The Hall–Kier alpha value is -1.71. The molecule has 0 amide bonds. The minimum atomic E-state index is -0.234. The average molecular weight is 419 g/mol. The third kappa shape index (κ3) is 5.58. The van der Waals surface area contributed by atoms with Crippen LogP contribution in [0.2, 0.25) is 0 Å². The van der Waals surface area contributed by atoms with E-state index in [9.17, 15) is 4.39 Å². The molecule has 120 valence electrons. The van der Waals surface area contributed by atoms with Crippen molar-refractivity contribution in [1.82, 2.24) is 20.8 Å². The van der Waals surface area contributed by atoms with Crippen molar-refractivity contribution in [3.8, 4) is 0 Å². The van der Waals surface area contributed by atoms with E-state index in [2.05, 4.69) is 25.8 Å². The molecule has 0 aliphatic carbocycles. The van der Waals surface area contributed by atoms with Crippen molar-refractivity contribution in [2.45, 2.75) is 19.9 Å². The van der Waals surface area contributed by atoms with Gasteiger partial charge in [-0.25, -0.2) is 4.39 Å². The first-order chi connectivity index (χ1) is 10.2. The van der Waals surface area contributed by atoms with Gasteiger partial charge in [-0.3, -0.25) is 4.99 Å². The lowest BCUT2D eigenvalue weighted by atomic mass is 10.2. The van der Waals surface area contributed by atoms with Crippen LogP contribution in [0.3, 0.4) is 0 Å². The highest BCUT2D eigenvalue weighted by Gasteiger charge is 2.04. The number of nitrogens with one attached hydrogen (secondary N) is 2. The number of rotatable bonds is 5. The van der Waals surface area contributed by atoms with Crippen LogP contribution in [0.4, 0.5) is 4.39 Å². The zero-order valence-corrected chi connectivity index (χ0v) is 14.8. The zero-order chi connectivity index (χ0) is 15.1. The molecular weight excluding hydrogens is 400 g/mol. The summed E-state index contributed by atoms with van der Waals surface area (Å²) in [7, 11) is 1.66. The second kappa shape index (κ2) is 9.34. The van der Waals surface area contributed by atoms with E-state index >= 15 is 0 Å². The third-order valence-corrected chi connectivity index (χ3v) is 2.83. The molecule has 2 rings (SSSR count). The topological polar surface area (TPSA) is 75.3 Å². The van der Waals surface area contributed by atoms with Gasteiger partial charge in [0.1, 0.15) is 5.82 Å². The van der Waals surface area contributed by atoms with E-state index in [-0.39, 0.29) is 29.8 Å². The van der Waals surface area contributed by atoms with Gasteiger partial charge in [0, 0.05) is 32.1 Å². The Morgan fingerprint density at radius 2 is 2.09 bits per heavy atom. The maximum Gasteiger partial charge on any atom is 0.228 e. The Bertz CT molecular complexity index is 617. The molecule has 0 fully saturated rings. The predicted octanol–water partition coefficient (Wildman–Crippen LogP) is 2.04. The molecule has 0 bridgehead atoms. The Morgan fingerprint density at radius 1 is 1.32 bits per heavy atom. The first kappa shape index (κ1) is 18.3. The van der Waals surface area contributed by atoms with Gasteiger partial charge < -0.3 is 15.2 Å². The summed E-state index contributed by atoms with van der Waals surface area (Å²) in [6.45, 7) is 2.74. The van der Waals surface area contributed by atoms with Crippen molar-refractivity contribution in [2.75, 3.05) is 13.6 Å². The van der Waals surface area contributed by atoms with Crippen LogP contribution in [0.5, 0.6) is 0 Å². The standard InChI is InChI=1S/C14H18FN5O.HI/c1-10-19-13(21-20-10)7-8-17-14(16-2)18-9-11-5-3-4-6-12(11)15;/h3-6H,7-9H2,1-2H3,(H2,16,17,18);1H. The number of nitrogens with zero attached hydrogens (tertiary/aromatic N) is 3. The lowest BCUT2D eigenvalue weighted by Crippen LogP contribution is -2.38. The first-order valence-corrected chi connectivity index (χ1v) is 6.66. The molecule has 1 heterocycles. The van der Waals surface area contributed by atoms with Crippen molar-refractivity contribution in [3.05, 3.63) is 47.4 Å². The Kier molecular flexibility index (Phi) is 7.78. The normalized spacial score (nSPS) is 11.0. The summed E-state index contributed by atoms with van der Waals surface area (Å²) >= 11 is 0. The summed E-state index contributed by atoms with van der Waals surface area (Å²) in [5.74, 6) is 1.55. The largest absolute Gasteiger partial charge is 0.356 e. The molecule has 0 saturated carbocycles. The van der Waals surface area contributed by atoms with Crippen LogP contribution >= 0.6 is 24.0 Å². The number of halogens is 2. The maximum atomic E-state index is 13.5. The van der Waals surface area contributed by atoms with Crippen LogP contribution in [-0.4, -0.2) is 29.7 Å². The number of hydrogen-bond acceptors (Lipinski definition) is 4. The van der Waals surface area contributed by atoms with E-state index in [1.54, 1.807) is 32.2 Å². The molecule has 2 N–H and O–H groups in total. The molecule has 0 aliphatic heterocycles. The van der Waals surface area contributed by atoms with Gasteiger partial charge in [-0.15, -0.1) is 24.0 Å². The van der Waals surface area contributed by atoms with Crippen LogP contribution in [-0.2, 0) is 13.0 Å². The van der Waals surface area contributed by atoms with Crippen LogP contribution < -0.4 is 10.6 Å². The zero-order valence-electron chi connectivity index (χ0n) is 12.5. The summed E-state index contributed by atoms with van der Waals surface area (Å²) in [6, 6.07) is 6.63. The number of aryl methyl sites for hydroxylation is 1. The fraction of sp³-hybridized carbons (Fsp3) is 0.357. The lowest BCUT2D eigenvalue weighted by molar-refractivity contribution is 0.374. The van der Waals surface area contributed by atoms with Crippen molar-refractivity contribution >= 4 is 29.9 Å². The van der Waals surface area contributed by atoms with Gasteiger partial charge in [0.2, 0.25) is 5.89 Å². The second-order valence-corrected chi connectivity index (χ2v) is 4.43. The summed E-state index contributed by atoms with van der Waals surface area (Å²) in [5, 5.41) is 9.87. The third-order valence-electron chi connectivity index (χ3n) is 2.83. The summed E-state index contributed by atoms with van der Waals surface area (Å²) in [4.78, 5) is 8.19. The van der Waals surface area contributed by atoms with Crippen LogP contribution in [0, 0.1) is 12.7 Å². The van der Waals surface area contributed by atoms with E-state index in [4.69, 9.17) is 4.52 Å². The Labute approximate surface area is 145 Å². The predicted molar refractivity (Wildman–Crippen MR) is 92.8 cm³/mol. The molecule has 0 aliphatic rings. The lowest BCUT2D eigenvalue weighted by Gasteiger charge is -2.11. The fourth-order valence-corrected chi connectivity index (χ4v) is 1.77. The van der Waals surface area contributed by atoms with Crippen LogP contribution in [0.15, 0.2) is 33.8 Å². The SMILES string of the molecule is CN=C(NCCc1nc(C)no1)NCc1ccccc1F.I. The second-order valence-electron chi connectivity index (χ2n) is 4.43. The Morgan fingerprint density at radius 3 is 2.73 bits per heavy atom. The minimum absolute atomic E-state index is 0. The van der Waals surface area contributed by atoms with Crippen molar-refractivity contribution in [2.24, 2.45) is 4.99 Å². The molecule has 22 heavy (non-hydrogen) atoms. The molecule has 0 saturated heterocycles. The minimum Gasteiger partial charge on any atom is -0.356 e. The molecule has 2 aromatic rings. The molecule has 0 atom stereocenters. The number of benzene rings is 1. The van der Waals surface area contributed by atoms with Crippen molar-refractivity contribution < 1.29 is 8.91 Å².